The molecular formula is C21H27N3O4. The molecule has 1 aromatic heterocycles. The van der Waals surface area contributed by atoms with E-state index >= 15 is 0 Å². The second-order valence-corrected chi connectivity index (χ2v) is 7.33. The number of rotatable bonds is 7. The normalized spacial score (nSPS) is 16.0. The standard InChI is InChI=1S/C21H27N3O4/c1-3-27-20(26)21(11-7-10-17-8-5-4-6-9-17)12-14-24(15-13-21)19(25)18-16(2)22-28-23-18/h4-6,8-9H,3,7,10-15H2,1-2H3. The van der Waals surface area contributed by atoms with Crippen molar-refractivity contribution in [2.75, 3.05) is 19.7 Å². The number of benzene rings is 1. The van der Waals surface area contributed by atoms with Gasteiger partial charge in [0.25, 0.3) is 5.91 Å². The van der Waals surface area contributed by atoms with E-state index in [0.29, 0.717) is 38.2 Å². The molecular weight excluding hydrogens is 358 g/mol. The van der Waals surface area contributed by atoms with Gasteiger partial charge in [-0.05, 0) is 56.7 Å². The molecule has 1 aromatic carbocycles. The van der Waals surface area contributed by atoms with E-state index in [2.05, 4.69) is 27.1 Å². The second kappa shape index (κ2) is 8.99. The molecule has 7 nitrogen and oxygen atoms in total. The molecule has 0 atom stereocenters. The van der Waals surface area contributed by atoms with Gasteiger partial charge in [0.15, 0.2) is 5.69 Å². The number of carbonyl (C=O) groups is 2. The van der Waals surface area contributed by atoms with Crippen molar-refractivity contribution in [2.45, 2.75) is 46.0 Å². The number of aryl methyl sites for hydroxylation is 2. The highest BCUT2D eigenvalue weighted by Crippen LogP contribution is 2.38. The smallest absolute Gasteiger partial charge is 0.312 e. The maximum atomic E-state index is 12.8. The molecule has 0 aliphatic carbocycles. The molecule has 0 unspecified atom stereocenters. The van der Waals surface area contributed by atoms with Crippen LogP contribution in [-0.2, 0) is 16.0 Å². The predicted molar refractivity (Wildman–Crippen MR) is 103 cm³/mol. The van der Waals surface area contributed by atoms with Crippen molar-refractivity contribution >= 4 is 11.9 Å². The van der Waals surface area contributed by atoms with Crippen LogP contribution in [-0.4, -0.2) is 46.8 Å². The Hall–Kier alpha value is -2.70. The lowest BCUT2D eigenvalue weighted by Crippen LogP contribution is -2.47. The summed E-state index contributed by atoms with van der Waals surface area (Å²) < 4.78 is 10.0. The van der Waals surface area contributed by atoms with Gasteiger partial charge in [0.1, 0.15) is 5.69 Å². The molecule has 2 heterocycles. The summed E-state index contributed by atoms with van der Waals surface area (Å²) in [5.41, 5.74) is 1.46. The van der Waals surface area contributed by atoms with Crippen LogP contribution in [0.4, 0.5) is 0 Å². The van der Waals surface area contributed by atoms with Gasteiger partial charge >= 0.3 is 5.97 Å². The Morgan fingerprint density at radius 2 is 1.89 bits per heavy atom. The van der Waals surface area contributed by atoms with Crippen LogP contribution in [0.15, 0.2) is 35.0 Å². The van der Waals surface area contributed by atoms with Crippen LogP contribution >= 0.6 is 0 Å². The summed E-state index contributed by atoms with van der Waals surface area (Å²) in [7, 11) is 0. The van der Waals surface area contributed by atoms with Gasteiger partial charge in [0, 0.05) is 13.1 Å². The van der Waals surface area contributed by atoms with Crippen LogP contribution in [0.3, 0.4) is 0 Å². The van der Waals surface area contributed by atoms with Crippen LogP contribution in [0.2, 0.25) is 0 Å². The molecule has 1 fully saturated rings. The fourth-order valence-corrected chi connectivity index (χ4v) is 3.83. The maximum absolute atomic E-state index is 12.8. The Labute approximate surface area is 165 Å². The molecule has 1 aliphatic heterocycles. The Kier molecular flexibility index (Phi) is 6.44. The number of esters is 1. The van der Waals surface area contributed by atoms with E-state index in [1.54, 1.807) is 11.8 Å². The van der Waals surface area contributed by atoms with Gasteiger partial charge in [-0.25, -0.2) is 4.63 Å². The Morgan fingerprint density at radius 3 is 2.50 bits per heavy atom. The number of aromatic nitrogens is 2. The lowest BCUT2D eigenvalue weighted by molar-refractivity contribution is -0.159. The number of ether oxygens (including phenoxy) is 1. The zero-order valence-corrected chi connectivity index (χ0v) is 16.5. The molecule has 150 valence electrons. The van der Waals surface area contributed by atoms with Crippen LogP contribution in [0, 0.1) is 12.3 Å². The van der Waals surface area contributed by atoms with Crippen molar-refractivity contribution in [3.8, 4) is 0 Å². The highest BCUT2D eigenvalue weighted by atomic mass is 16.6. The minimum atomic E-state index is -0.529. The Bertz CT molecular complexity index is 795. The Morgan fingerprint density at radius 1 is 1.18 bits per heavy atom. The number of hydrogen-bond donors (Lipinski definition) is 0. The van der Waals surface area contributed by atoms with Gasteiger partial charge in [-0.15, -0.1) is 0 Å². The average Bonchev–Trinajstić information content (AvgIpc) is 3.15. The van der Waals surface area contributed by atoms with Crippen molar-refractivity contribution in [3.63, 3.8) is 0 Å². The summed E-state index contributed by atoms with van der Waals surface area (Å²) in [6.07, 6.45) is 3.78. The summed E-state index contributed by atoms with van der Waals surface area (Å²) >= 11 is 0. The van der Waals surface area contributed by atoms with Gasteiger partial charge in [-0.2, -0.15) is 0 Å². The highest BCUT2D eigenvalue weighted by molar-refractivity contribution is 5.93. The fourth-order valence-electron chi connectivity index (χ4n) is 3.83. The van der Waals surface area contributed by atoms with Crippen molar-refractivity contribution in [2.24, 2.45) is 5.41 Å². The highest BCUT2D eigenvalue weighted by Gasteiger charge is 2.43. The van der Waals surface area contributed by atoms with Crippen LogP contribution in [0.25, 0.3) is 0 Å². The monoisotopic (exact) mass is 385 g/mol. The van der Waals surface area contributed by atoms with E-state index < -0.39 is 5.41 Å². The van der Waals surface area contributed by atoms with Gasteiger partial charge in [-0.1, -0.05) is 35.5 Å². The SMILES string of the molecule is CCOC(=O)C1(CCCc2ccccc2)CCN(C(=O)c2nonc2C)CC1. The van der Waals surface area contributed by atoms with E-state index in [1.165, 1.54) is 5.56 Å². The van der Waals surface area contributed by atoms with Gasteiger partial charge in [0.05, 0.1) is 12.0 Å². The maximum Gasteiger partial charge on any atom is 0.312 e. The molecule has 28 heavy (non-hydrogen) atoms. The van der Waals surface area contributed by atoms with Gasteiger partial charge < -0.3 is 9.64 Å². The summed E-state index contributed by atoms with van der Waals surface area (Å²) in [6, 6.07) is 10.3. The van der Waals surface area contributed by atoms with Crippen LogP contribution < -0.4 is 0 Å². The van der Waals surface area contributed by atoms with Gasteiger partial charge in [-0.3, -0.25) is 9.59 Å². The molecule has 0 bridgehead atoms. The first-order chi connectivity index (χ1) is 13.6. The number of amides is 1. The third-order valence-corrected chi connectivity index (χ3v) is 5.53. The molecule has 7 heteroatoms. The van der Waals surface area contributed by atoms with E-state index in [9.17, 15) is 9.59 Å². The number of hydrogen-bond acceptors (Lipinski definition) is 6. The lowest BCUT2D eigenvalue weighted by atomic mass is 9.74. The zero-order chi connectivity index (χ0) is 20.0. The third-order valence-electron chi connectivity index (χ3n) is 5.53. The number of likely N-dealkylation sites (tertiary alicyclic amines) is 1. The topological polar surface area (TPSA) is 85.5 Å². The molecule has 0 spiro atoms. The predicted octanol–water partition coefficient (Wildman–Crippen LogP) is 3.19. The molecule has 0 N–H and O–H groups in total. The molecule has 1 amide bonds. The van der Waals surface area contributed by atoms with E-state index in [-0.39, 0.29) is 17.6 Å². The van der Waals surface area contributed by atoms with Crippen molar-refractivity contribution in [3.05, 3.63) is 47.3 Å². The summed E-state index contributed by atoms with van der Waals surface area (Å²) in [5, 5.41) is 7.38. The molecule has 2 aromatic rings. The quantitative estimate of drug-likeness (QED) is 0.681. The van der Waals surface area contributed by atoms with Crippen LogP contribution in [0.5, 0.6) is 0 Å². The summed E-state index contributed by atoms with van der Waals surface area (Å²) in [6.45, 7) is 4.88. The third kappa shape index (κ3) is 4.40. The summed E-state index contributed by atoms with van der Waals surface area (Å²) in [4.78, 5) is 27.1. The Balaban J connectivity index is 1.64. The van der Waals surface area contributed by atoms with E-state index in [1.807, 2.05) is 25.1 Å². The molecule has 0 saturated carbocycles. The van der Waals surface area contributed by atoms with Gasteiger partial charge in [0.2, 0.25) is 0 Å². The first-order valence-electron chi connectivity index (χ1n) is 9.85. The van der Waals surface area contributed by atoms with Crippen molar-refractivity contribution < 1.29 is 19.0 Å². The largest absolute Gasteiger partial charge is 0.466 e. The minimum Gasteiger partial charge on any atom is -0.466 e. The second-order valence-electron chi connectivity index (χ2n) is 7.33. The first-order valence-corrected chi connectivity index (χ1v) is 9.85. The van der Waals surface area contributed by atoms with E-state index in [4.69, 9.17) is 4.74 Å². The summed E-state index contributed by atoms with van der Waals surface area (Å²) in [5.74, 6) is -0.338. The molecule has 3 rings (SSSR count). The molecule has 1 aliphatic rings. The first kappa shape index (κ1) is 20.0. The fraction of sp³-hybridized carbons (Fsp3) is 0.524. The average molecular weight is 385 g/mol. The van der Waals surface area contributed by atoms with E-state index in [0.717, 1.165) is 19.3 Å². The van der Waals surface area contributed by atoms with Crippen molar-refractivity contribution in [1.82, 2.24) is 15.2 Å². The lowest BCUT2D eigenvalue weighted by Gasteiger charge is -2.39. The number of piperidine rings is 1. The number of carbonyl (C=O) groups excluding carboxylic acids is 2. The van der Waals surface area contributed by atoms with Crippen LogP contribution in [0.1, 0.15) is 54.4 Å². The van der Waals surface area contributed by atoms with Crippen molar-refractivity contribution in [1.29, 1.82) is 0 Å². The zero-order valence-electron chi connectivity index (χ0n) is 16.5. The molecule has 0 radical (unpaired) electrons. The number of nitrogens with zero attached hydrogens (tertiary/aromatic N) is 3. The molecule has 1 saturated heterocycles. The minimum absolute atomic E-state index is 0.144.